The molecule has 0 aromatic heterocycles. The molecule has 1 aliphatic carbocycles. The Morgan fingerprint density at radius 1 is 1.11 bits per heavy atom. The fourth-order valence-corrected chi connectivity index (χ4v) is 5.47. The molecule has 28 heavy (non-hydrogen) atoms. The van der Waals surface area contributed by atoms with Gasteiger partial charge in [0, 0.05) is 37.1 Å². The average molecular weight is 384 g/mol. The van der Waals surface area contributed by atoms with Gasteiger partial charge in [-0.2, -0.15) is 0 Å². The van der Waals surface area contributed by atoms with Gasteiger partial charge in [0.05, 0.1) is 0 Å². The lowest BCUT2D eigenvalue weighted by Crippen LogP contribution is -2.61. The van der Waals surface area contributed by atoms with E-state index in [9.17, 15) is 4.79 Å². The molecule has 3 fully saturated rings. The highest BCUT2D eigenvalue weighted by Crippen LogP contribution is 2.38. The minimum Gasteiger partial charge on any atom is -0.335 e. The molecular weight excluding hydrogens is 346 g/mol. The highest BCUT2D eigenvalue weighted by atomic mass is 16.2. The van der Waals surface area contributed by atoms with Crippen molar-refractivity contribution in [2.75, 3.05) is 26.2 Å². The van der Waals surface area contributed by atoms with Crippen molar-refractivity contribution in [1.82, 2.24) is 15.1 Å². The summed E-state index contributed by atoms with van der Waals surface area (Å²) in [5.41, 5.74) is 1.61. The number of nitrogens with one attached hydrogen (secondary N) is 1. The van der Waals surface area contributed by atoms with Crippen LogP contribution in [0.2, 0.25) is 0 Å². The smallest absolute Gasteiger partial charge is 0.226 e. The number of carbonyl (C=O) groups excluding carboxylic acids is 1. The van der Waals surface area contributed by atoms with Gasteiger partial charge in [0.25, 0.3) is 0 Å². The van der Waals surface area contributed by atoms with Gasteiger partial charge in [-0.15, -0.1) is 0 Å². The topological polar surface area (TPSA) is 35.6 Å². The number of carbonyl (C=O) groups is 1. The third-order valence-corrected chi connectivity index (χ3v) is 7.48. The minimum atomic E-state index is 0.299. The first kappa shape index (κ1) is 19.9. The standard InChI is InChI=1S/C24H37N3O/c1-19(2)24(12-14-25-15-13-24)26-16-10-22(11-17-26)27(23(28)21-8-9-21)18-20-6-4-3-5-7-20/h3-7,19,21-22,25H,8-18H2,1-2H3. The molecule has 0 unspecified atom stereocenters. The first-order valence-electron chi connectivity index (χ1n) is 11.4. The van der Waals surface area contributed by atoms with E-state index in [0.29, 0.717) is 29.3 Å². The van der Waals surface area contributed by atoms with Crippen molar-refractivity contribution in [2.24, 2.45) is 11.8 Å². The van der Waals surface area contributed by atoms with Crippen LogP contribution in [0.4, 0.5) is 0 Å². The molecule has 0 radical (unpaired) electrons. The lowest BCUT2D eigenvalue weighted by atomic mass is 9.76. The first-order chi connectivity index (χ1) is 13.6. The molecule has 154 valence electrons. The second-order valence-electron chi connectivity index (χ2n) is 9.45. The number of amides is 1. The fourth-order valence-electron chi connectivity index (χ4n) is 5.47. The van der Waals surface area contributed by atoms with E-state index in [0.717, 1.165) is 58.4 Å². The molecule has 1 aromatic rings. The summed E-state index contributed by atoms with van der Waals surface area (Å²) in [6.07, 6.45) is 6.92. The molecule has 1 aromatic carbocycles. The van der Waals surface area contributed by atoms with Crippen LogP contribution >= 0.6 is 0 Å². The van der Waals surface area contributed by atoms with E-state index in [2.05, 4.69) is 59.3 Å². The van der Waals surface area contributed by atoms with Crippen molar-refractivity contribution in [3.8, 4) is 0 Å². The lowest BCUT2D eigenvalue weighted by molar-refractivity contribution is -0.137. The lowest BCUT2D eigenvalue weighted by Gasteiger charge is -2.53. The molecule has 2 saturated heterocycles. The van der Waals surface area contributed by atoms with Crippen molar-refractivity contribution in [3.63, 3.8) is 0 Å². The number of likely N-dealkylation sites (tertiary alicyclic amines) is 1. The first-order valence-corrected chi connectivity index (χ1v) is 11.4. The normalized spacial score (nSPS) is 23.7. The monoisotopic (exact) mass is 383 g/mol. The van der Waals surface area contributed by atoms with E-state index in [1.54, 1.807) is 0 Å². The third-order valence-electron chi connectivity index (χ3n) is 7.48. The van der Waals surface area contributed by atoms with Crippen LogP contribution < -0.4 is 5.32 Å². The van der Waals surface area contributed by atoms with Gasteiger partial charge in [0.15, 0.2) is 0 Å². The van der Waals surface area contributed by atoms with E-state index in [4.69, 9.17) is 0 Å². The summed E-state index contributed by atoms with van der Waals surface area (Å²) >= 11 is 0. The quantitative estimate of drug-likeness (QED) is 0.814. The molecule has 0 atom stereocenters. The molecule has 1 amide bonds. The Morgan fingerprint density at radius 3 is 2.32 bits per heavy atom. The summed E-state index contributed by atoms with van der Waals surface area (Å²) in [5, 5.41) is 3.54. The van der Waals surface area contributed by atoms with Gasteiger partial charge in [0.2, 0.25) is 5.91 Å². The number of hydrogen-bond acceptors (Lipinski definition) is 3. The Morgan fingerprint density at radius 2 is 1.75 bits per heavy atom. The van der Waals surface area contributed by atoms with Crippen LogP contribution in [0.25, 0.3) is 0 Å². The molecule has 4 heteroatoms. The van der Waals surface area contributed by atoms with Gasteiger partial charge in [-0.25, -0.2) is 0 Å². The molecule has 0 bridgehead atoms. The van der Waals surface area contributed by atoms with Crippen molar-refractivity contribution in [1.29, 1.82) is 0 Å². The van der Waals surface area contributed by atoms with Crippen molar-refractivity contribution in [2.45, 2.75) is 70.5 Å². The summed E-state index contributed by atoms with van der Waals surface area (Å²) < 4.78 is 0. The van der Waals surface area contributed by atoms with Gasteiger partial charge in [-0.3, -0.25) is 9.69 Å². The molecule has 4 nitrogen and oxygen atoms in total. The summed E-state index contributed by atoms with van der Waals surface area (Å²) in [5.74, 6) is 1.38. The van der Waals surface area contributed by atoms with Crippen LogP contribution in [0.5, 0.6) is 0 Å². The van der Waals surface area contributed by atoms with Crippen molar-refractivity contribution in [3.05, 3.63) is 35.9 Å². The maximum absolute atomic E-state index is 13.1. The maximum atomic E-state index is 13.1. The zero-order chi connectivity index (χ0) is 19.6. The van der Waals surface area contributed by atoms with Crippen molar-refractivity contribution < 1.29 is 4.79 Å². The van der Waals surface area contributed by atoms with Crippen LogP contribution in [0.1, 0.15) is 57.9 Å². The van der Waals surface area contributed by atoms with E-state index in [1.807, 2.05) is 0 Å². The predicted molar refractivity (Wildman–Crippen MR) is 114 cm³/mol. The number of piperidine rings is 2. The van der Waals surface area contributed by atoms with Crippen LogP contribution in [-0.2, 0) is 11.3 Å². The van der Waals surface area contributed by atoms with Crippen LogP contribution in [0.15, 0.2) is 30.3 Å². The van der Waals surface area contributed by atoms with Crippen LogP contribution in [0.3, 0.4) is 0 Å². The number of benzene rings is 1. The highest BCUT2D eigenvalue weighted by Gasteiger charge is 2.43. The number of nitrogens with zero attached hydrogens (tertiary/aromatic N) is 2. The highest BCUT2D eigenvalue weighted by molar-refractivity contribution is 5.81. The largest absolute Gasteiger partial charge is 0.335 e. The Hall–Kier alpha value is -1.39. The maximum Gasteiger partial charge on any atom is 0.226 e. The van der Waals surface area contributed by atoms with E-state index >= 15 is 0 Å². The van der Waals surface area contributed by atoms with E-state index in [1.165, 1.54) is 18.4 Å². The van der Waals surface area contributed by atoms with Gasteiger partial charge >= 0.3 is 0 Å². The van der Waals surface area contributed by atoms with Gasteiger partial charge in [0.1, 0.15) is 0 Å². The summed E-state index contributed by atoms with van der Waals surface area (Å²) in [7, 11) is 0. The second kappa shape index (κ2) is 8.54. The Labute approximate surface area is 170 Å². The van der Waals surface area contributed by atoms with Crippen molar-refractivity contribution >= 4 is 5.91 Å². The van der Waals surface area contributed by atoms with E-state index < -0.39 is 0 Å². The van der Waals surface area contributed by atoms with Gasteiger partial charge in [-0.05, 0) is 63.1 Å². The fraction of sp³-hybridized carbons (Fsp3) is 0.708. The number of hydrogen-bond donors (Lipinski definition) is 1. The third kappa shape index (κ3) is 4.13. The molecule has 1 N–H and O–H groups in total. The molecular formula is C24H37N3O. The predicted octanol–water partition coefficient (Wildman–Crippen LogP) is 3.67. The van der Waals surface area contributed by atoms with E-state index in [-0.39, 0.29) is 0 Å². The Kier molecular flexibility index (Phi) is 6.07. The Balaban J connectivity index is 1.44. The summed E-state index contributed by atoms with van der Waals surface area (Å²) in [6, 6.07) is 10.9. The molecule has 3 aliphatic rings. The summed E-state index contributed by atoms with van der Waals surface area (Å²) in [6.45, 7) is 10.1. The average Bonchev–Trinajstić information content (AvgIpc) is 3.58. The molecule has 2 heterocycles. The number of rotatable bonds is 6. The zero-order valence-electron chi connectivity index (χ0n) is 17.7. The van der Waals surface area contributed by atoms with Gasteiger partial charge < -0.3 is 10.2 Å². The molecule has 4 rings (SSSR count). The molecule has 0 spiro atoms. The zero-order valence-corrected chi connectivity index (χ0v) is 17.7. The molecule has 2 aliphatic heterocycles. The Bertz CT molecular complexity index is 641. The van der Waals surface area contributed by atoms with Gasteiger partial charge in [-0.1, -0.05) is 44.2 Å². The molecule has 1 saturated carbocycles. The van der Waals surface area contributed by atoms with Crippen LogP contribution in [-0.4, -0.2) is 53.5 Å². The SMILES string of the molecule is CC(C)C1(N2CCC(N(Cc3ccccc3)C(=O)C3CC3)CC2)CCNCC1. The second-order valence-corrected chi connectivity index (χ2v) is 9.45. The summed E-state index contributed by atoms with van der Waals surface area (Å²) in [4.78, 5) is 18.1. The van der Waals surface area contributed by atoms with Crippen LogP contribution in [0, 0.1) is 11.8 Å². The minimum absolute atomic E-state index is 0.299.